The van der Waals surface area contributed by atoms with E-state index in [4.69, 9.17) is 19.2 Å². The fourth-order valence-electron chi connectivity index (χ4n) is 4.79. The highest BCUT2D eigenvalue weighted by molar-refractivity contribution is 7.16. The van der Waals surface area contributed by atoms with Crippen molar-refractivity contribution >= 4 is 34.4 Å². The van der Waals surface area contributed by atoms with Crippen LogP contribution in [0.25, 0.3) is 0 Å². The molecule has 1 aromatic heterocycles. The maximum atomic E-state index is 13.4. The quantitative estimate of drug-likeness (QED) is 0.370. The van der Waals surface area contributed by atoms with Gasteiger partial charge in [-0.25, -0.2) is 9.79 Å². The molecular formula is C27H34N2O5S. The molecule has 1 fully saturated rings. The lowest BCUT2D eigenvalue weighted by Gasteiger charge is -2.23. The number of benzene rings is 1. The minimum Gasteiger partial charge on any atom is -0.493 e. The van der Waals surface area contributed by atoms with Crippen molar-refractivity contribution in [2.45, 2.75) is 70.8 Å². The van der Waals surface area contributed by atoms with Crippen molar-refractivity contribution in [3.8, 4) is 11.5 Å². The lowest BCUT2D eigenvalue weighted by Crippen LogP contribution is -2.36. The molecule has 4 rings (SSSR count). The maximum Gasteiger partial charge on any atom is 0.344 e. The van der Waals surface area contributed by atoms with Gasteiger partial charge in [0.15, 0.2) is 18.1 Å². The number of hydrogen-bond donors (Lipinski definition) is 1. The number of ether oxygens (including phenoxy) is 3. The Morgan fingerprint density at radius 3 is 2.71 bits per heavy atom. The van der Waals surface area contributed by atoms with E-state index in [0.717, 1.165) is 54.7 Å². The molecule has 1 N–H and O–H groups in total. The number of amides is 1. The zero-order valence-corrected chi connectivity index (χ0v) is 21.4. The number of aliphatic imine (C=N–C) groups is 1. The number of thiophene rings is 1. The third kappa shape index (κ3) is 6.23. The van der Waals surface area contributed by atoms with Gasteiger partial charge in [-0.1, -0.05) is 25.3 Å². The number of hydrogen-bond acceptors (Lipinski definition) is 7. The first kappa shape index (κ1) is 25.2. The van der Waals surface area contributed by atoms with E-state index in [-0.39, 0.29) is 25.2 Å². The molecule has 7 nitrogen and oxygen atoms in total. The lowest BCUT2D eigenvalue weighted by atomic mass is 9.93. The first-order chi connectivity index (χ1) is 17.1. The van der Waals surface area contributed by atoms with Crippen LogP contribution in [0.15, 0.2) is 23.2 Å². The number of fused-ring (bicyclic) bond motifs is 1. The fourth-order valence-corrected chi connectivity index (χ4v) is 6.02. The van der Waals surface area contributed by atoms with Crippen molar-refractivity contribution in [3.05, 3.63) is 39.8 Å². The Hall–Kier alpha value is -2.87. The second-order valence-corrected chi connectivity index (χ2v) is 10.0. The van der Waals surface area contributed by atoms with Crippen LogP contribution in [-0.4, -0.2) is 44.5 Å². The number of carbonyl (C=O) groups excluding carboxylic acids is 2. The summed E-state index contributed by atoms with van der Waals surface area (Å²) in [5.41, 5.74) is 2.55. The number of nitrogens with zero attached hydrogens (tertiary/aromatic N) is 1. The van der Waals surface area contributed by atoms with Gasteiger partial charge < -0.3 is 19.5 Å². The smallest absolute Gasteiger partial charge is 0.344 e. The van der Waals surface area contributed by atoms with Gasteiger partial charge in [-0.05, 0) is 63.1 Å². The molecule has 0 unspecified atom stereocenters. The van der Waals surface area contributed by atoms with Gasteiger partial charge in [0, 0.05) is 22.7 Å². The Morgan fingerprint density at radius 1 is 1.14 bits per heavy atom. The summed E-state index contributed by atoms with van der Waals surface area (Å²) in [4.78, 5) is 31.3. The van der Waals surface area contributed by atoms with Crippen LogP contribution in [-0.2, 0) is 22.4 Å². The Labute approximate surface area is 210 Å². The zero-order valence-electron chi connectivity index (χ0n) is 20.6. The summed E-state index contributed by atoms with van der Waals surface area (Å²) in [5.74, 6) is 0.460. The molecule has 2 aliphatic rings. The molecule has 2 aliphatic carbocycles. The van der Waals surface area contributed by atoms with E-state index in [2.05, 4.69) is 5.32 Å². The summed E-state index contributed by atoms with van der Waals surface area (Å²) in [7, 11) is 1.55. The van der Waals surface area contributed by atoms with Crippen molar-refractivity contribution in [1.82, 2.24) is 5.32 Å². The number of nitrogens with one attached hydrogen (secondary N) is 1. The Balaban J connectivity index is 1.61. The van der Waals surface area contributed by atoms with E-state index in [9.17, 15) is 9.59 Å². The number of rotatable bonds is 9. The van der Waals surface area contributed by atoms with Crippen molar-refractivity contribution in [2.75, 3.05) is 20.3 Å². The van der Waals surface area contributed by atoms with Crippen LogP contribution >= 0.6 is 11.3 Å². The molecule has 0 atom stereocenters. The Bertz CT molecular complexity index is 1070. The van der Waals surface area contributed by atoms with Crippen LogP contribution in [0.1, 0.15) is 78.2 Å². The molecular weight excluding hydrogens is 464 g/mol. The Kier molecular flexibility index (Phi) is 8.79. The normalized spacial score (nSPS) is 16.1. The second-order valence-electron chi connectivity index (χ2n) is 8.93. The van der Waals surface area contributed by atoms with Gasteiger partial charge in [-0.15, -0.1) is 11.3 Å². The monoisotopic (exact) mass is 498 g/mol. The molecule has 0 spiro atoms. The van der Waals surface area contributed by atoms with Gasteiger partial charge in [0.25, 0.3) is 5.91 Å². The largest absolute Gasteiger partial charge is 0.493 e. The molecule has 1 aromatic carbocycles. The van der Waals surface area contributed by atoms with Crippen molar-refractivity contribution < 1.29 is 23.8 Å². The fraction of sp³-hybridized carbons (Fsp3) is 0.519. The number of aryl methyl sites for hydroxylation is 1. The first-order valence-corrected chi connectivity index (χ1v) is 13.4. The van der Waals surface area contributed by atoms with Crippen LogP contribution in [0.5, 0.6) is 11.5 Å². The van der Waals surface area contributed by atoms with Gasteiger partial charge in [-0.3, -0.25) is 4.79 Å². The molecule has 1 saturated carbocycles. The summed E-state index contributed by atoms with van der Waals surface area (Å²) < 4.78 is 16.2. The van der Waals surface area contributed by atoms with Gasteiger partial charge in [0.1, 0.15) is 5.00 Å². The summed E-state index contributed by atoms with van der Waals surface area (Å²) in [6, 6.07) is 5.70. The number of esters is 1. The molecule has 35 heavy (non-hydrogen) atoms. The highest BCUT2D eigenvalue weighted by Gasteiger charge is 2.27. The van der Waals surface area contributed by atoms with Gasteiger partial charge in [-0.2, -0.15) is 0 Å². The molecule has 1 heterocycles. The van der Waals surface area contributed by atoms with Crippen LogP contribution < -0.4 is 14.8 Å². The molecule has 0 saturated heterocycles. The van der Waals surface area contributed by atoms with Crippen LogP contribution in [0.4, 0.5) is 5.00 Å². The Morgan fingerprint density at radius 2 is 1.94 bits per heavy atom. The average molecular weight is 499 g/mol. The van der Waals surface area contributed by atoms with E-state index in [0.29, 0.717) is 17.1 Å². The van der Waals surface area contributed by atoms with E-state index in [1.807, 2.05) is 12.1 Å². The topological polar surface area (TPSA) is 86.2 Å². The van der Waals surface area contributed by atoms with Crippen LogP contribution in [0.3, 0.4) is 0 Å². The zero-order chi connectivity index (χ0) is 24.6. The predicted molar refractivity (Wildman–Crippen MR) is 138 cm³/mol. The van der Waals surface area contributed by atoms with E-state index >= 15 is 0 Å². The summed E-state index contributed by atoms with van der Waals surface area (Å²) in [6.45, 7) is 1.82. The SMILES string of the molecule is CCOC(=O)COc1c(C=Nc2sc3c(c2C(=O)NC2CCCCC2)CCCC3)cccc1OC. The first-order valence-electron chi connectivity index (χ1n) is 12.6. The minimum absolute atomic E-state index is 0.00660. The number of carbonyl (C=O) groups is 2. The van der Waals surface area contributed by atoms with Crippen molar-refractivity contribution in [2.24, 2.45) is 4.99 Å². The molecule has 188 valence electrons. The van der Waals surface area contributed by atoms with Gasteiger partial charge in [0.2, 0.25) is 0 Å². The molecule has 2 aromatic rings. The highest BCUT2D eigenvalue weighted by Crippen LogP contribution is 2.40. The third-order valence-electron chi connectivity index (χ3n) is 6.51. The summed E-state index contributed by atoms with van der Waals surface area (Å²) in [5, 5.41) is 4.01. The summed E-state index contributed by atoms with van der Waals surface area (Å²) >= 11 is 1.61. The number of para-hydroxylation sites is 1. The van der Waals surface area contributed by atoms with Gasteiger partial charge in [0.05, 0.1) is 19.3 Å². The third-order valence-corrected chi connectivity index (χ3v) is 7.71. The standard InChI is InChI=1S/C27H34N2O5S/c1-3-33-23(30)17-34-25-18(10-9-14-21(25)32-2)16-28-27-24(20-13-7-8-15-22(20)35-27)26(31)29-19-11-5-4-6-12-19/h9-10,14,16,19H,3-8,11-13,15,17H2,1-2H3,(H,29,31). The molecule has 8 heteroatoms. The number of methoxy groups -OCH3 is 1. The van der Waals surface area contributed by atoms with E-state index in [1.165, 1.54) is 24.1 Å². The lowest BCUT2D eigenvalue weighted by molar-refractivity contribution is -0.145. The second kappa shape index (κ2) is 12.2. The molecule has 1 amide bonds. The van der Waals surface area contributed by atoms with Crippen molar-refractivity contribution in [1.29, 1.82) is 0 Å². The van der Waals surface area contributed by atoms with Gasteiger partial charge >= 0.3 is 5.97 Å². The average Bonchev–Trinajstić information content (AvgIpc) is 3.25. The minimum atomic E-state index is -0.450. The molecule has 0 bridgehead atoms. The predicted octanol–water partition coefficient (Wildman–Crippen LogP) is 5.39. The van der Waals surface area contributed by atoms with E-state index in [1.54, 1.807) is 37.7 Å². The highest BCUT2D eigenvalue weighted by atomic mass is 32.1. The molecule has 0 radical (unpaired) electrons. The van der Waals surface area contributed by atoms with E-state index < -0.39 is 5.97 Å². The van der Waals surface area contributed by atoms with Crippen LogP contribution in [0.2, 0.25) is 0 Å². The maximum absolute atomic E-state index is 13.4. The summed E-state index contributed by atoms with van der Waals surface area (Å²) in [6.07, 6.45) is 11.5. The molecule has 0 aliphatic heterocycles. The van der Waals surface area contributed by atoms with Crippen LogP contribution in [0, 0.1) is 0 Å². The van der Waals surface area contributed by atoms with Crippen molar-refractivity contribution in [3.63, 3.8) is 0 Å².